The van der Waals surface area contributed by atoms with Crippen LogP contribution in [0.3, 0.4) is 0 Å². The van der Waals surface area contributed by atoms with Crippen LogP contribution in [0.2, 0.25) is 0 Å². The third kappa shape index (κ3) is 6.76. The standard InChI is InChI=1S/C13H19N5O7/c1-7(20)15-10-2-3-18(13(25)16-10)5-11(23)17-14-4-8(21)12(24)9(22)6-19/h2-4,8-9,12,19,21-22,24H,5-6H2,1H3,(H,17,23)(H,15,16,20,25)/b14-4+/t8-,9-,12+/m0/s1. The van der Waals surface area contributed by atoms with E-state index in [1.54, 1.807) is 0 Å². The molecule has 0 unspecified atom stereocenters. The summed E-state index contributed by atoms with van der Waals surface area (Å²) in [5.74, 6) is -1.08. The van der Waals surface area contributed by atoms with E-state index >= 15 is 0 Å². The molecule has 6 N–H and O–H groups in total. The van der Waals surface area contributed by atoms with Gasteiger partial charge in [0.05, 0.1) is 12.8 Å². The molecule has 0 spiro atoms. The Labute approximate surface area is 141 Å². The molecule has 0 radical (unpaired) electrons. The lowest BCUT2D eigenvalue weighted by Gasteiger charge is -2.17. The number of carbonyl (C=O) groups excluding carboxylic acids is 2. The van der Waals surface area contributed by atoms with E-state index in [-0.39, 0.29) is 5.82 Å². The molecule has 1 rings (SSSR count). The van der Waals surface area contributed by atoms with Crippen LogP contribution in [-0.4, -0.2) is 72.9 Å². The lowest BCUT2D eigenvalue weighted by molar-refractivity contribution is -0.121. The van der Waals surface area contributed by atoms with Crippen molar-refractivity contribution in [2.75, 3.05) is 11.9 Å². The molecule has 12 nitrogen and oxygen atoms in total. The zero-order chi connectivity index (χ0) is 19.0. The van der Waals surface area contributed by atoms with Crippen LogP contribution in [0.5, 0.6) is 0 Å². The van der Waals surface area contributed by atoms with Crippen molar-refractivity contribution in [1.82, 2.24) is 15.0 Å². The summed E-state index contributed by atoms with van der Waals surface area (Å²) in [4.78, 5) is 37.8. The zero-order valence-corrected chi connectivity index (χ0v) is 13.2. The molecule has 0 saturated carbocycles. The average molecular weight is 357 g/mol. The lowest BCUT2D eigenvalue weighted by atomic mass is 10.1. The fraction of sp³-hybridized carbons (Fsp3) is 0.462. The molecule has 25 heavy (non-hydrogen) atoms. The molecule has 0 saturated heterocycles. The first-order valence-electron chi connectivity index (χ1n) is 7.06. The summed E-state index contributed by atoms with van der Waals surface area (Å²) in [5.41, 5.74) is 1.23. The molecular weight excluding hydrogens is 338 g/mol. The zero-order valence-electron chi connectivity index (χ0n) is 13.2. The summed E-state index contributed by atoms with van der Waals surface area (Å²) < 4.78 is 0.955. The molecule has 1 aromatic heterocycles. The smallest absolute Gasteiger partial charge is 0.349 e. The van der Waals surface area contributed by atoms with Gasteiger partial charge in [-0.15, -0.1) is 0 Å². The predicted octanol–water partition coefficient (Wildman–Crippen LogP) is -3.62. The van der Waals surface area contributed by atoms with Crippen LogP contribution in [0.4, 0.5) is 5.82 Å². The maximum atomic E-state index is 11.7. The highest BCUT2D eigenvalue weighted by Crippen LogP contribution is 1.98. The Morgan fingerprint density at radius 2 is 2.08 bits per heavy atom. The number of hydrogen-bond donors (Lipinski definition) is 6. The number of aliphatic hydroxyl groups is 4. The number of amides is 2. The lowest BCUT2D eigenvalue weighted by Crippen LogP contribution is -2.40. The first kappa shape index (κ1) is 20.4. The predicted molar refractivity (Wildman–Crippen MR) is 84.5 cm³/mol. The van der Waals surface area contributed by atoms with Gasteiger partial charge in [-0.3, -0.25) is 14.2 Å². The number of carbonyl (C=O) groups is 2. The third-order valence-corrected chi connectivity index (χ3v) is 2.84. The number of nitrogens with one attached hydrogen (secondary N) is 2. The minimum absolute atomic E-state index is 0.0479. The van der Waals surface area contributed by atoms with Gasteiger partial charge in [-0.1, -0.05) is 0 Å². The van der Waals surface area contributed by atoms with Gasteiger partial charge in [0.25, 0.3) is 5.91 Å². The largest absolute Gasteiger partial charge is 0.394 e. The van der Waals surface area contributed by atoms with Crippen molar-refractivity contribution in [2.45, 2.75) is 31.8 Å². The topological polar surface area (TPSA) is 186 Å². The maximum Gasteiger partial charge on any atom is 0.349 e. The highest BCUT2D eigenvalue weighted by Gasteiger charge is 2.22. The van der Waals surface area contributed by atoms with Gasteiger partial charge in [-0.25, -0.2) is 10.2 Å². The van der Waals surface area contributed by atoms with Crippen molar-refractivity contribution >= 4 is 23.8 Å². The third-order valence-electron chi connectivity index (χ3n) is 2.84. The van der Waals surface area contributed by atoms with Gasteiger partial charge >= 0.3 is 5.69 Å². The number of aliphatic hydroxyl groups excluding tert-OH is 4. The molecule has 0 bridgehead atoms. The second-order valence-corrected chi connectivity index (χ2v) is 4.95. The Bertz CT molecular complexity index is 690. The summed E-state index contributed by atoms with van der Waals surface area (Å²) in [5, 5.41) is 42.3. The van der Waals surface area contributed by atoms with E-state index < -0.39 is 49.0 Å². The molecule has 3 atom stereocenters. The minimum atomic E-state index is -1.68. The van der Waals surface area contributed by atoms with Gasteiger partial charge < -0.3 is 25.7 Å². The SMILES string of the molecule is CC(=O)Nc1ccn(CC(=O)N/N=C/[C@H](O)[C@@H](O)[C@@H](O)CO)c(=O)n1. The van der Waals surface area contributed by atoms with Crippen LogP contribution in [0.25, 0.3) is 0 Å². The minimum Gasteiger partial charge on any atom is -0.394 e. The van der Waals surface area contributed by atoms with Gasteiger partial charge in [-0.2, -0.15) is 10.1 Å². The monoisotopic (exact) mass is 357 g/mol. The number of anilines is 1. The van der Waals surface area contributed by atoms with E-state index in [0.717, 1.165) is 10.8 Å². The Hall–Kier alpha value is -2.67. The Kier molecular flexibility index (Phi) is 7.81. The summed E-state index contributed by atoms with van der Waals surface area (Å²) >= 11 is 0. The van der Waals surface area contributed by atoms with Crippen molar-refractivity contribution in [3.63, 3.8) is 0 Å². The Balaban J connectivity index is 2.58. The molecule has 0 fully saturated rings. The molecule has 1 heterocycles. The van der Waals surface area contributed by atoms with Gasteiger partial charge in [-0.05, 0) is 6.07 Å². The molecular formula is C13H19N5O7. The van der Waals surface area contributed by atoms with Crippen LogP contribution in [0.15, 0.2) is 22.2 Å². The number of hydrazone groups is 1. The molecule has 12 heteroatoms. The average Bonchev–Trinajstić information content (AvgIpc) is 2.55. The highest BCUT2D eigenvalue weighted by atomic mass is 16.4. The first-order valence-corrected chi connectivity index (χ1v) is 7.06. The molecule has 138 valence electrons. The fourth-order valence-electron chi connectivity index (χ4n) is 1.60. The van der Waals surface area contributed by atoms with Crippen LogP contribution < -0.4 is 16.4 Å². The van der Waals surface area contributed by atoms with Crippen LogP contribution in [0, 0.1) is 0 Å². The van der Waals surface area contributed by atoms with Crippen molar-refractivity contribution in [3.8, 4) is 0 Å². The molecule has 2 amide bonds. The Morgan fingerprint density at radius 1 is 1.40 bits per heavy atom. The summed E-state index contributed by atoms with van der Waals surface area (Å²) in [6.07, 6.45) is -2.87. The van der Waals surface area contributed by atoms with Crippen molar-refractivity contribution in [3.05, 3.63) is 22.7 Å². The van der Waals surface area contributed by atoms with Crippen molar-refractivity contribution in [2.24, 2.45) is 5.10 Å². The van der Waals surface area contributed by atoms with Gasteiger partial charge in [0.2, 0.25) is 5.91 Å². The second kappa shape index (κ2) is 9.58. The van der Waals surface area contributed by atoms with Crippen LogP contribution in [0.1, 0.15) is 6.92 Å². The van der Waals surface area contributed by atoms with E-state index in [9.17, 15) is 24.6 Å². The highest BCUT2D eigenvalue weighted by molar-refractivity contribution is 5.87. The van der Waals surface area contributed by atoms with Crippen molar-refractivity contribution < 1.29 is 30.0 Å². The van der Waals surface area contributed by atoms with E-state index in [1.165, 1.54) is 19.2 Å². The van der Waals surface area contributed by atoms with Crippen molar-refractivity contribution in [1.29, 1.82) is 0 Å². The van der Waals surface area contributed by atoms with Gasteiger partial charge in [0.15, 0.2) is 0 Å². The van der Waals surface area contributed by atoms with E-state index in [4.69, 9.17) is 10.2 Å². The van der Waals surface area contributed by atoms with E-state index in [0.29, 0.717) is 0 Å². The summed E-state index contributed by atoms with van der Waals surface area (Å²) in [7, 11) is 0. The van der Waals surface area contributed by atoms with Gasteiger partial charge in [0.1, 0.15) is 30.7 Å². The summed E-state index contributed by atoms with van der Waals surface area (Å²) in [6.45, 7) is 0.0633. The van der Waals surface area contributed by atoms with Gasteiger partial charge in [0, 0.05) is 13.1 Å². The number of hydrogen-bond acceptors (Lipinski definition) is 9. The molecule has 0 aliphatic heterocycles. The number of aromatic nitrogens is 2. The molecule has 0 aromatic carbocycles. The number of rotatable bonds is 8. The van der Waals surface area contributed by atoms with Crippen LogP contribution >= 0.6 is 0 Å². The maximum absolute atomic E-state index is 11.7. The van der Waals surface area contributed by atoms with E-state index in [2.05, 4.69) is 15.4 Å². The first-order chi connectivity index (χ1) is 11.7. The second-order valence-electron chi connectivity index (χ2n) is 4.95. The fourth-order valence-corrected chi connectivity index (χ4v) is 1.60. The number of nitrogens with zero attached hydrogens (tertiary/aromatic N) is 3. The molecule has 0 aliphatic rings. The molecule has 0 aliphatic carbocycles. The van der Waals surface area contributed by atoms with Crippen LogP contribution in [-0.2, 0) is 16.1 Å². The Morgan fingerprint density at radius 3 is 2.64 bits per heavy atom. The summed E-state index contributed by atoms with van der Waals surface area (Å²) in [6, 6.07) is 1.33. The normalized spacial score (nSPS) is 14.8. The molecule has 1 aromatic rings. The van der Waals surface area contributed by atoms with E-state index in [1.807, 2.05) is 5.43 Å². The quantitative estimate of drug-likeness (QED) is 0.203.